The van der Waals surface area contributed by atoms with Crippen LogP contribution >= 0.6 is 11.3 Å². The third kappa shape index (κ3) is 1.83. The highest BCUT2D eigenvalue weighted by Gasteiger charge is 2.09. The lowest BCUT2D eigenvalue weighted by atomic mass is 10.3. The number of hydrogen-bond donors (Lipinski definition) is 1. The van der Waals surface area contributed by atoms with Crippen LogP contribution in [0.2, 0.25) is 0 Å². The first-order valence-corrected chi connectivity index (χ1v) is 5.25. The van der Waals surface area contributed by atoms with E-state index in [1.54, 1.807) is 6.20 Å². The molecule has 0 fully saturated rings. The fraction of sp³-hybridized carbons (Fsp3) is 0.333. The highest BCUT2D eigenvalue weighted by atomic mass is 32.1. The molecule has 0 aliphatic carbocycles. The topological polar surface area (TPSA) is 64.9 Å². The highest BCUT2D eigenvalue weighted by molar-refractivity contribution is 7.13. The lowest BCUT2D eigenvalue weighted by Gasteiger charge is -1.88. The van der Waals surface area contributed by atoms with Crippen molar-refractivity contribution in [1.82, 2.24) is 9.97 Å². The molecule has 0 aliphatic heterocycles. The van der Waals surface area contributed by atoms with Crippen LogP contribution in [0.5, 0.6) is 0 Å². The van der Waals surface area contributed by atoms with Crippen LogP contribution in [-0.4, -0.2) is 16.5 Å². The van der Waals surface area contributed by atoms with E-state index in [2.05, 4.69) is 9.97 Å². The predicted molar refractivity (Wildman–Crippen MR) is 55.1 cm³/mol. The minimum absolute atomic E-state index is 0.593. The van der Waals surface area contributed by atoms with E-state index in [0.29, 0.717) is 12.4 Å². The molecule has 2 aromatic rings. The summed E-state index contributed by atoms with van der Waals surface area (Å²) < 4.78 is 5.37. The molecule has 0 aromatic carbocycles. The number of aromatic nitrogens is 2. The van der Waals surface area contributed by atoms with Crippen molar-refractivity contribution in [2.75, 3.05) is 6.54 Å². The number of nitrogens with zero attached hydrogens (tertiary/aromatic N) is 2. The summed E-state index contributed by atoms with van der Waals surface area (Å²) in [6, 6.07) is 0. The van der Waals surface area contributed by atoms with Gasteiger partial charge in [-0.1, -0.05) is 0 Å². The van der Waals surface area contributed by atoms with E-state index in [0.717, 1.165) is 22.9 Å². The molecule has 2 heterocycles. The van der Waals surface area contributed by atoms with Gasteiger partial charge in [-0.25, -0.2) is 9.97 Å². The van der Waals surface area contributed by atoms with Crippen LogP contribution < -0.4 is 5.73 Å². The maximum atomic E-state index is 5.44. The average Bonchev–Trinajstić information content (AvgIpc) is 2.74. The molecular weight excluding hydrogens is 198 g/mol. The van der Waals surface area contributed by atoms with Crippen molar-refractivity contribution >= 4 is 11.3 Å². The fourth-order valence-corrected chi connectivity index (χ4v) is 1.90. The summed E-state index contributed by atoms with van der Waals surface area (Å²) in [4.78, 5) is 8.48. The van der Waals surface area contributed by atoms with Crippen LogP contribution in [0, 0.1) is 6.92 Å². The van der Waals surface area contributed by atoms with Gasteiger partial charge in [0.15, 0.2) is 5.01 Å². The molecule has 0 unspecified atom stereocenters. The van der Waals surface area contributed by atoms with Crippen LogP contribution in [-0.2, 0) is 6.42 Å². The van der Waals surface area contributed by atoms with Crippen LogP contribution in [0.1, 0.15) is 11.5 Å². The Kier molecular flexibility index (Phi) is 2.60. The molecule has 0 radical (unpaired) electrons. The third-order valence-electron chi connectivity index (χ3n) is 1.76. The highest BCUT2D eigenvalue weighted by Crippen LogP contribution is 2.23. The molecule has 0 spiro atoms. The van der Waals surface area contributed by atoms with Crippen molar-refractivity contribution in [2.24, 2.45) is 5.73 Å². The van der Waals surface area contributed by atoms with E-state index in [-0.39, 0.29) is 0 Å². The maximum absolute atomic E-state index is 5.44. The second-order valence-corrected chi connectivity index (χ2v) is 3.82. The Morgan fingerprint density at radius 1 is 1.57 bits per heavy atom. The Balaban J connectivity index is 2.24. The van der Waals surface area contributed by atoms with Crippen LogP contribution in [0.3, 0.4) is 0 Å². The zero-order chi connectivity index (χ0) is 9.97. The first-order chi connectivity index (χ1) is 6.79. The summed E-state index contributed by atoms with van der Waals surface area (Å²) in [6.45, 7) is 2.48. The smallest absolute Gasteiger partial charge is 0.255 e. The van der Waals surface area contributed by atoms with Crippen molar-refractivity contribution in [3.8, 4) is 10.9 Å². The first-order valence-electron chi connectivity index (χ1n) is 4.37. The monoisotopic (exact) mass is 209 g/mol. The molecule has 2 aromatic heterocycles. The molecule has 0 saturated heterocycles. The quantitative estimate of drug-likeness (QED) is 0.834. The van der Waals surface area contributed by atoms with Gasteiger partial charge >= 0.3 is 0 Å². The molecule has 2 rings (SSSR count). The Hall–Kier alpha value is -1.20. The van der Waals surface area contributed by atoms with Crippen LogP contribution in [0.4, 0.5) is 0 Å². The average molecular weight is 209 g/mol. The van der Waals surface area contributed by atoms with E-state index in [4.69, 9.17) is 10.2 Å². The summed E-state index contributed by atoms with van der Waals surface area (Å²) >= 11 is 1.53. The largest absolute Gasteiger partial charge is 0.440 e. The zero-order valence-electron chi connectivity index (χ0n) is 7.86. The molecule has 0 saturated carbocycles. The van der Waals surface area contributed by atoms with Crippen LogP contribution in [0.15, 0.2) is 16.0 Å². The van der Waals surface area contributed by atoms with Gasteiger partial charge in [0.1, 0.15) is 5.76 Å². The molecule has 0 aliphatic rings. The minimum Gasteiger partial charge on any atom is -0.440 e. The number of thiazole rings is 1. The van der Waals surface area contributed by atoms with E-state index in [9.17, 15) is 0 Å². The van der Waals surface area contributed by atoms with Gasteiger partial charge in [0.25, 0.3) is 5.89 Å². The third-order valence-corrected chi connectivity index (χ3v) is 2.64. The number of aryl methyl sites for hydroxylation is 1. The molecule has 74 valence electrons. The Morgan fingerprint density at radius 2 is 2.43 bits per heavy atom. The van der Waals surface area contributed by atoms with E-state index >= 15 is 0 Å². The second-order valence-electron chi connectivity index (χ2n) is 2.96. The van der Waals surface area contributed by atoms with Crippen molar-refractivity contribution in [2.45, 2.75) is 13.3 Å². The van der Waals surface area contributed by atoms with Crippen molar-refractivity contribution < 1.29 is 4.42 Å². The van der Waals surface area contributed by atoms with Crippen molar-refractivity contribution in [1.29, 1.82) is 0 Å². The summed E-state index contributed by atoms with van der Waals surface area (Å²) in [5.74, 6) is 1.39. The van der Waals surface area contributed by atoms with Gasteiger partial charge in [0.2, 0.25) is 0 Å². The summed E-state index contributed by atoms with van der Waals surface area (Å²) in [5.41, 5.74) is 6.44. The lowest BCUT2D eigenvalue weighted by Crippen LogP contribution is -2.02. The molecule has 5 heteroatoms. The molecule has 0 bridgehead atoms. The normalized spacial score (nSPS) is 10.7. The Bertz CT molecular complexity index is 421. The SMILES string of the molecule is Cc1cnc(-c2nc(CCN)cs2)o1. The van der Waals surface area contributed by atoms with Gasteiger partial charge < -0.3 is 10.2 Å². The molecular formula is C9H11N3OS. The number of rotatable bonds is 3. The van der Waals surface area contributed by atoms with E-state index in [1.807, 2.05) is 12.3 Å². The van der Waals surface area contributed by atoms with Gasteiger partial charge in [-0.3, -0.25) is 0 Å². The van der Waals surface area contributed by atoms with Gasteiger partial charge in [0.05, 0.1) is 11.9 Å². The van der Waals surface area contributed by atoms with Gasteiger partial charge in [-0.05, 0) is 13.5 Å². The van der Waals surface area contributed by atoms with Crippen molar-refractivity contribution in [3.63, 3.8) is 0 Å². The number of oxazole rings is 1. The molecule has 14 heavy (non-hydrogen) atoms. The van der Waals surface area contributed by atoms with E-state index in [1.165, 1.54) is 11.3 Å². The molecule has 2 N–H and O–H groups in total. The fourth-order valence-electron chi connectivity index (χ4n) is 1.12. The van der Waals surface area contributed by atoms with Gasteiger partial charge in [0, 0.05) is 11.8 Å². The maximum Gasteiger partial charge on any atom is 0.255 e. The van der Waals surface area contributed by atoms with E-state index < -0.39 is 0 Å². The summed E-state index contributed by atoms with van der Waals surface area (Å²) in [5, 5.41) is 2.81. The number of hydrogen-bond acceptors (Lipinski definition) is 5. The standard InChI is InChI=1S/C9H11N3OS/c1-6-4-11-8(13-6)9-12-7(2-3-10)5-14-9/h4-5H,2-3,10H2,1H3. The van der Waals surface area contributed by atoms with Gasteiger partial charge in [-0.15, -0.1) is 11.3 Å². The first kappa shape index (κ1) is 9.36. The minimum atomic E-state index is 0.593. The molecule has 0 atom stereocenters. The molecule has 4 nitrogen and oxygen atoms in total. The van der Waals surface area contributed by atoms with Crippen molar-refractivity contribution in [3.05, 3.63) is 23.0 Å². The predicted octanol–water partition coefficient (Wildman–Crippen LogP) is 1.61. The van der Waals surface area contributed by atoms with Gasteiger partial charge in [-0.2, -0.15) is 0 Å². The summed E-state index contributed by atoms with van der Waals surface area (Å²) in [7, 11) is 0. The Morgan fingerprint density at radius 3 is 3.07 bits per heavy atom. The Labute approximate surface area is 85.8 Å². The number of nitrogens with two attached hydrogens (primary N) is 1. The summed E-state index contributed by atoms with van der Waals surface area (Å²) in [6.07, 6.45) is 2.50. The zero-order valence-corrected chi connectivity index (χ0v) is 8.67. The molecule has 0 amide bonds. The second kappa shape index (κ2) is 3.89. The van der Waals surface area contributed by atoms with Crippen LogP contribution in [0.25, 0.3) is 10.9 Å². The lowest BCUT2D eigenvalue weighted by molar-refractivity contribution is 0.542.